The summed E-state index contributed by atoms with van der Waals surface area (Å²) in [6, 6.07) is 5.38. The molecule has 0 radical (unpaired) electrons. The maximum absolute atomic E-state index is 8.70. The van der Waals surface area contributed by atoms with Crippen molar-refractivity contribution in [2.75, 3.05) is 5.73 Å². The summed E-state index contributed by atoms with van der Waals surface area (Å²) in [5.74, 6) is 0.249. The summed E-state index contributed by atoms with van der Waals surface area (Å²) in [6.07, 6.45) is 3.54. The van der Waals surface area contributed by atoms with Gasteiger partial charge in [0.25, 0.3) is 0 Å². The van der Waals surface area contributed by atoms with Crippen LogP contribution in [0.1, 0.15) is 5.56 Å². The first-order chi connectivity index (χ1) is 7.20. The molecule has 15 heavy (non-hydrogen) atoms. The lowest BCUT2D eigenvalue weighted by Crippen LogP contribution is -1.95. The van der Waals surface area contributed by atoms with E-state index in [4.69, 9.17) is 11.0 Å². The van der Waals surface area contributed by atoms with Gasteiger partial charge in [0.15, 0.2) is 0 Å². The molecule has 0 aliphatic heterocycles. The van der Waals surface area contributed by atoms with Crippen molar-refractivity contribution in [2.45, 2.75) is 0 Å². The number of aryl methyl sites for hydroxylation is 1. The van der Waals surface area contributed by atoms with Crippen LogP contribution in [0.3, 0.4) is 0 Å². The number of nitrogen functional groups attached to an aromatic ring is 1. The predicted octanol–water partition coefficient (Wildman–Crippen LogP) is 0.936. The summed E-state index contributed by atoms with van der Waals surface area (Å²) < 4.78 is 1.69. The van der Waals surface area contributed by atoms with E-state index in [-0.39, 0.29) is 5.82 Å². The van der Waals surface area contributed by atoms with Crippen molar-refractivity contribution in [1.29, 1.82) is 5.26 Å². The predicted molar refractivity (Wildman–Crippen MR) is 55.6 cm³/mol. The zero-order chi connectivity index (χ0) is 10.8. The highest BCUT2D eigenvalue weighted by molar-refractivity contribution is 5.62. The Kier molecular flexibility index (Phi) is 2.10. The Morgan fingerprint density at radius 1 is 1.47 bits per heavy atom. The molecule has 5 heteroatoms. The molecule has 0 aliphatic rings. The lowest BCUT2D eigenvalue weighted by molar-refractivity contribution is 0.768. The SMILES string of the molecule is Cn1cc(-c2ccc(C#N)c(N)n2)cn1. The average molecular weight is 199 g/mol. The molecule has 2 N–H and O–H groups in total. The third-order valence-corrected chi connectivity index (χ3v) is 2.05. The lowest BCUT2D eigenvalue weighted by atomic mass is 10.2. The van der Waals surface area contributed by atoms with Crippen LogP contribution in [0.25, 0.3) is 11.3 Å². The largest absolute Gasteiger partial charge is 0.383 e. The molecule has 0 amide bonds. The van der Waals surface area contributed by atoms with Gasteiger partial charge in [0.2, 0.25) is 0 Å². The van der Waals surface area contributed by atoms with Crippen molar-refractivity contribution in [1.82, 2.24) is 14.8 Å². The minimum Gasteiger partial charge on any atom is -0.383 e. The van der Waals surface area contributed by atoms with Crippen molar-refractivity contribution in [3.63, 3.8) is 0 Å². The van der Waals surface area contributed by atoms with Gasteiger partial charge in [-0.1, -0.05) is 0 Å². The lowest BCUT2D eigenvalue weighted by Gasteiger charge is -1.99. The monoisotopic (exact) mass is 199 g/mol. The molecule has 0 atom stereocenters. The van der Waals surface area contributed by atoms with Gasteiger partial charge in [-0.2, -0.15) is 10.4 Å². The Morgan fingerprint density at radius 3 is 2.80 bits per heavy atom. The van der Waals surface area contributed by atoms with Gasteiger partial charge in [-0.05, 0) is 12.1 Å². The van der Waals surface area contributed by atoms with E-state index in [0.717, 1.165) is 11.3 Å². The average Bonchev–Trinajstić information content (AvgIpc) is 2.65. The fourth-order valence-electron chi connectivity index (χ4n) is 1.28. The molecule has 0 spiro atoms. The van der Waals surface area contributed by atoms with Crippen molar-refractivity contribution < 1.29 is 0 Å². The first-order valence-electron chi connectivity index (χ1n) is 4.36. The topological polar surface area (TPSA) is 80.5 Å². The second-order valence-electron chi connectivity index (χ2n) is 3.14. The van der Waals surface area contributed by atoms with Gasteiger partial charge in [-0.25, -0.2) is 4.98 Å². The van der Waals surface area contributed by atoms with E-state index < -0.39 is 0 Å². The molecular weight excluding hydrogens is 190 g/mol. The van der Waals surface area contributed by atoms with Crippen molar-refractivity contribution in [3.05, 3.63) is 30.1 Å². The zero-order valence-electron chi connectivity index (χ0n) is 8.18. The fraction of sp³-hybridized carbons (Fsp3) is 0.100. The summed E-state index contributed by atoms with van der Waals surface area (Å²) in [5, 5.41) is 12.7. The first-order valence-corrected chi connectivity index (χ1v) is 4.36. The van der Waals surface area contributed by atoms with E-state index >= 15 is 0 Å². The molecule has 2 heterocycles. The Balaban J connectivity index is 2.48. The molecule has 0 bridgehead atoms. The Labute approximate surface area is 86.8 Å². The third-order valence-electron chi connectivity index (χ3n) is 2.05. The fourth-order valence-corrected chi connectivity index (χ4v) is 1.28. The summed E-state index contributed by atoms with van der Waals surface area (Å²) in [5.41, 5.74) is 7.61. The zero-order valence-corrected chi connectivity index (χ0v) is 8.18. The van der Waals surface area contributed by atoms with E-state index in [1.807, 2.05) is 19.3 Å². The number of aromatic nitrogens is 3. The number of hydrogen-bond donors (Lipinski definition) is 1. The maximum Gasteiger partial charge on any atom is 0.142 e. The van der Waals surface area contributed by atoms with E-state index in [9.17, 15) is 0 Å². The van der Waals surface area contributed by atoms with Gasteiger partial charge < -0.3 is 5.73 Å². The van der Waals surface area contributed by atoms with Crippen molar-refractivity contribution in [3.8, 4) is 17.3 Å². The molecule has 0 saturated heterocycles. The quantitative estimate of drug-likeness (QED) is 0.741. The standard InChI is InChI=1S/C10H9N5/c1-15-6-8(5-13-15)9-3-2-7(4-11)10(12)14-9/h2-3,5-6H,1H3,(H2,12,14). The molecule has 0 aromatic carbocycles. The maximum atomic E-state index is 8.70. The summed E-state index contributed by atoms with van der Waals surface area (Å²) in [7, 11) is 1.83. The van der Waals surface area contributed by atoms with Crippen LogP contribution in [-0.4, -0.2) is 14.8 Å². The normalized spacial score (nSPS) is 9.87. The van der Waals surface area contributed by atoms with Crippen LogP contribution in [0.4, 0.5) is 5.82 Å². The number of nitrogens with zero attached hydrogens (tertiary/aromatic N) is 4. The smallest absolute Gasteiger partial charge is 0.142 e. The van der Waals surface area contributed by atoms with Gasteiger partial charge >= 0.3 is 0 Å². The second-order valence-corrected chi connectivity index (χ2v) is 3.14. The number of anilines is 1. The second kappa shape index (κ2) is 3.42. The first kappa shape index (κ1) is 9.21. The number of nitriles is 1. The Bertz CT molecular complexity index is 535. The van der Waals surface area contributed by atoms with Crippen molar-refractivity contribution in [2.24, 2.45) is 7.05 Å². The molecule has 0 aliphatic carbocycles. The number of rotatable bonds is 1. The van der Waals surface area contributed by atoms with Crippen LogP contribution in [0.5, 0.6) is 0 Å². The number of pyridine rings is 1. The molecular formula is C10H9N5. The summed E-state index contributed by atoms with van der Waals surface area (Å²) in [6.45, 7) is 0. The minimum absolute atomic E-state index is 0.249. The highest BCUT2D eigenvalue weighted by atomic mass is 15.2. The van der Waals surface area contributed by atoms with E-state index in [2.05, 4.69) is 10.1 Å². The molecule has 2 aromatic heterocycles. The van der Waals surface area contributed by atoms with E-state index in [1.54, 1.807) is 23.0 Å². The molecule has 0 saturated carbocycles. The molecule has 74 valence electrons. The number of hydrogen-bond acceptors (Lipinski definition) is 4. The Morgan fingerprint density at radius 2 is 2.27 bits per heavy atom. The van der Waals surface area contributed by atoms with Crippen molar-refractivity contribution >= 4 is 5.82 Å². The molecule has 5 nitrogen and oxygen atoms in total. The van der Waals surface area contributed by atoms with Crippen LogP contribution in [0.2, 0.25) is 0 Å². The summed E-state index contributed by atoms with van der Waals surface area (Å²) in [4.78, 5) is 4.13. The van der Waals surface area contributed by atoms with Crippen LogP contribution in [0.15, 0.2) is 24.5 Å². The van der Waals surface area contributed by atoms with Crippen LogP contribution in [-0.2, 0) is 7.05 Å². The van der Waals surface area contributed by atoms with Crippen LogP contribution >= 0.6 is 0 Å². The number of nitrogens with two attached hydrogens (primary N) is 1. The van der Waals surface area contributed by atoms with Gasteiger partial charge in [-0.15, -0.1) is 0 Å². The highest BCUT2D eigenvalue weighted by Crippen LogP contribution is 2.18. The van der Waals surface area contributed by atoms with Crippen LogP contribution in [0, 0.1) is 11.3 Å². The van der Waals surface area contributed by atoms with Crippen LogP contribution < -0.4 is 5.73 Å². The minimum atomic E-state index is 0.249. The molecule has 0 fully saturated rings. The van der Waals surface area contributed by atoms with Gasteiger partial charge in [0, 0.05) is 18.8 Å². The molecule has 2 aromatic rings. The molecule has 0 unspecified atom stereocenters. The Hall–Kier alpha value is -2.35. The van der Waals surface area contributed by atoms with Gasteiger partial charge in [0.05, 0.1) is 17.5 Å². The van der Waals surface area contributed by atoms with Gasteiger partial charge in [0.1, 0.15) is 11.9 Å². The van der Waals surface area contributed by atoms with E-state index in [0.29, 0.717) is 5.56 Å². The highest BCUT2D eigenvalue weighted by Gasteiger charge is 2.05. The van der Waals surface area contributed by atoms with Gasteiger partial charge in [-0.3, -0.25) is 4.68 Å². The van der Waals surface area contributed by atoms with E-state index in [1.165, 1.54) is 0 Å². The third kappa shape index (κ3) is 1.65. The summed E-state index contributed by atoms with van der Waals surface area (Å²) >= 11 is 0. The molecule has 2 rings (SSSR count).